The van der Waals surface area contributed by atoms with Gasteiger partial charge in [0.15, 0.2) is 24.7 Å². The summed E-state index contributed by atoms with van der Waals surface area (Å²) in [5.74, 6) is 3.18. The second-order valence-corrected chi connectivity index (χ2v) is 21.5. The zero-order valence-electron chi connectivity index (χ0n) is 36.8. The molecule has 0 amide bonds. The summed E-state index contributed by atoms with van der Waals surface area (Å²) in [6.07, 6.45) is -12.6. The van der Waals surface area contributed by atoms with E-state index in [0.29, 0.717) is 47.8 Å². The van der Waals surface area contributed by atoms with Crippen LogP contribution in [0.1, 0.15) is 98.8 Å². The van der Waals surface area contributed by atoms with Crippen molar-refractivity contribution in [2.45, 2.75) is 209 Å². The third-order valence-corrected chi connectivity index (χ3v) is 18.2. The highest BCUT2D eigenvalue weighted by Crippen LogP contribution is 2.71. The highest BCUT2D eigenvalue weighted by Gasteiger charge is 2.69. The van der Waals surface area contributed by atoms with Crippen LogP contribution in [0.4, 0.5) is 0 Å². The number of aliphatic hydroxyl groups excluding tert-OH is 9. The van der Waals surface area contributed by atoms with E-state index in [0.717, 1.165) is 51.6 Å². The summed E-state index contributed by atoms with van der Waals surface area (Å²) in [6, 6.07) is 0. The third kappa shape index (κ3) is 7.56. The Labute approximate surface area is 364 Å². The van der Waals surface area contributed by atoms with Gasteiger partial charge in [0, 0.05) is 12.3 Å². The van der Waals surface area contributed by atoms with Crippen LogP contribution in [0.25, 0.3) is 0 Å². The minimum absolute atomic E-state index is 0.103. The predicted molar refractivity (Wildman–Crippen MR) is 214 cm³/mol. The zero-order valence-corrected chi connectivity index (χ0v) is 36.8. The summed E-state index contributed by atoms with van der Waals surface area (Å²) in [4.78, 5) is 0. The number of aliphatic hydroxyl groups is 9. The van der Waals surface area contributed by atoms with Crippen molar-refractivity contribution in [3.05, 3.63) is 0 Å². The van der Waals surface area contributed by atoms with E-state index >= 15 is 0 Å². The number of ether oxygens (including phenoxy) is 8. The fraction of sp³-hybridized carbons (Fsp3) is 1.00. The molecule has 62 heavy (non-hydrogen) atoms. The minimum atomic E-state index is -1.81. The van der Waals surface area contributed by atoms with E-state index in [1.807, 2.05) is 0 Å². The van der Waals surface area contributed by atoms with Gasteiger partial charge in [-0.2, -0.15) is 0 Å². The Kier molecular flexibility index (Phi) is 13.1. The summed E-state index contributed by atoms with van der Waals surface area (Å²) in [6.45, 7) is 10.6. The van der Waals surface area contributed by atoms with E-state index in [-0.39, 0.29) is 23.0 Å². The average molecular weight is 887 g/mol. The molecule has 0 aromatic carbocycles. The summed E-state index contributed by atoms with van der Waals surface area (Å²) in [7, 11) is 0. The lowest BCUT2D eigenvalue weighted by Gasteiger charge is -2.61. The highest BCUT2D eigenvalue weighted by molar-refractivity contribution is 5.15. The van der Waals surface area contributed by atoms with Crippen LogP contribution in [0.2, 0.25) is 0 Å². The lowest BCUT2D eigenvalue weighted by molar-refractivity contribution is -0.390. The maximum atomic E-state index is 12.0. The van der Waals surface area contributed by atoms with Gasteiger partial charge in [0.05, 0.1) is 38.1 Å². The van der Waals surface area contributed by atoms with Crippen molar-refractivity contribution in [1.82, 2.24) is 0 Å². The fourth-order valence-corrected chi connectivity index (χ4v) is 14.6. The Morgan fingerprint density at radius 2 is 1.24 bits per heavy atom. The van der Waals surface area contributed by atoms with Crippen LogP contribution in [0.3, 0.4) is 0 Å². The van der Waals surface area contributed by atoms with Crippen molar-refractivity contribution in [2.75, 3.05) is 19.8 Å². The summed E-state index contributed by atoms with van der Waals surface area (Å²) < 4.78 is 50.0. The fourth-order valence-electron chi connectivity index (χ4n) is 14.6. The normalized spacial score (nSPS) is 58.9. The molecule has 17 heteroatoms. The van der Waals surface area contributed by atoms with Crippen molar-refractivity contribution in [3.8, 4) is 0 Å². The summed E-state index contributed by atoms with van der Waals surface area (Å²) >= 11 is 0. The second-order valence-electron chi connectivity index (χ2n) is 21.5. The van der Waals surface area contributed by atoms with E-state index in [4.69, 9.17) is 37.9 Å². The van der Waals surface area contributed by atoms with E-state index in [1.54, 1.807) is 0 Å². The SMILES string of the molecule is CC1CCC2(OC1)OC1CC3C4CCC5CC(OC6OC(CO)C(OC7OC(CO)C(O)C(O)C7O)C(O)C6OC6OC(C)C(O)C(O)C6O)CCC5(C)C4CCC3(C)C1C2C. The first-order valence-corrected chi connectivity index (χ1v) is 23.7. The van der Waals surface area contributed by atoms with Gasteiger partial charge in [-0.3, -0.25) is 0 Å². The van der Waals surface area contributed by atoms with Crippen molar-refractivity contribution < 1.29 is 83.9 Å². The molecule has 9 N–H and O–H groups in total. The molecule has 17 nitrogen and oxygen atoms in total. The monoisotopic (exact) mass is 886 g/mol. The molecular formula is C45H74O17. The minimum Gasteiger partial charge on any atom is -0.394 e. The molecule has 9 fully saturated rings. The van der Waals surface area contributed by atoms with E-state index in [9.17, 15) is 46.0 Å². The quantitative estimate of drug-likeness (QED) is 0.149. The Bertz CT molecular complexity index is 1550. The van der Waals surface area contributed by atoms with Gasteiger partial charge >= 0.3 is 0 Å². The molecule has 9 aliphatic rings. The predicted octanol–water partition coefficient (Wildman–Crippen LogP) is 0.294. The van der Waals surface area contributed by atoms with Crippen LogP contribution >= 0.6 is 0 Å². The first-order chi connectivity index (χ1) is 29.4. The molecule has 0 radical (unpaired) electrons. The first-order valence-electron chi connectivity index (χ1n) is 23.7. The molecule has 9 rings (SSSR count). The standard InChI is InChI=1S/C45H74O17/c1-19-8-13-45(55-18-19)20(2)30-27(62-45)15-26-24-7-6-22-14-23(9-11-43(22,4)25(24)10-12-44(26,30)5)57-42-39(61-40-35(52)33(50)31(48)21(3)56-40)37(54)38(29(17-47)59-42)60-41-36(53)34(51)32(49)28(16-46)58-41/h19-42,46-54H,6-18H2,1-5H3. The van der Waals surface area contributed by atoms with Gasteiger partial charge in [-0.05, 0) is 111 Å². The molecule has 4 aliphatic carbocycles. The molecule has 5 heterocycles. The van der Waals surface area contributed by atoms with Gasteiger partial charge in [0.25, 0.3) is 0 Å². The van der Waals surface area contributed by atoms with Crippen LogP contribution < -0.4 is 0 Å². The molecule has 1 spiro atoms. The molecule has 27 unspecified atom stereocenters. The average Bonchev–Trinajstić information content (AvgIpc) is 3.70. The number of rotatable bonds is 8. The Balaban J connectivity index is 0.899. The van der Waals surface area contributed by atoms with Crippen molar-refractivity contribution in [1.29, 1.82) is 0 Å². The number of hydrogen-bond donors (Lipinski definition) is 9. The van der Waals surface area contributed by atoms with Crippen LogP contribution in [0.5, 0.6) is 0 Å². The van der Waals surface area contributed by atoms with E-state index in [1.165, 1.54) is 19.8 Å². The largest absolute Gasteiger partial charge is 0.394 e. The van der Waals surface area contributed by atoms with E-state index in [2.05, 4.69) is 27.7 Å². The smallest absolute Gasteiger partial charge is 0.187 e. The van der Waals surface area contributed by atoms with Gasteiger partial charge < -0.3 is 83.9 Å². The van der Waals surface area contributed by atoms with E-state index < -0.39 is 111 Å². The molecule has 5 aliphatic heterocycles. The molecule has 0 aromatic rings. The molecule has 4 saturated carbocycles. The molecule has 0 bridgehead atoms. The Hall–Kier alpha value is -0.680. The zero-order chi connectivity index (χ0) is 44.2. The molecule has 0 aromatic heterocycles. The first kappa shape index (κ1) is 46.4. The van der Waals surface area contributed by atoms with Gasteiger partial charge in [-0.15, -0.1) is 0 Å². The van der Waals surface area contributed by atoms with Gasteiger partial charge in [0.1, 0.15) is 67.1 Å². The maximum Gasteiger partial charge on any atom is 0.187 e. The van der Waals surface area contributed by atoms with Gasteiger partial charge in [0.2, 0.25) is 0 Å². The highest BCUT2D eigenvalue weighted by atomic mass is 16.8. The van der Waals surface area contributed by atoms with Crippen LogP contribution in [0.15, 0.2) is 0 Å². The Morgan fingerprint density at radius 1 is 0.581 bits per heavy atom. The maximum absolute atomic E-state index is 12.0. The summed E-state index contributed by atoms with van der Waals surface area (Å²) in [5.41, 5.74) is 0.320. The third-order valence-electron chi connectivity index (χ3n) is 18.2. The lowest BCUT2D eigenvalue weighted by Crippen LogP contribution is -2.67. The topological polar surface area (TPSA) is 256 Å². The molecule has 356 valence electrons. The van der Waals surface area contributed by atoms with Gasteiger partial charge in [-0.25, -0.2) is 0 Å². The van der Waals surface area contributed by atoms with Crippen molar-refractivity contribution >= 4 is 0 Å². The molecular weight excluding hydrogens is 812 g/mol. The number of fused-ring (bicyclic) bond motifs is 7. The molecule has 27 atom stereocenters. The Morgan fingerprint density at radius 3 is 1.94 bits per heavy atom. The summed E-state index contributed by atoms with van der Waals surface area (Å²) in [5, 5.41) is 95.8. The second kappa shape index (κ2) is 17.4. The lowest BCUT2D eigenvalue weighted by atomic mass is 9.44. The molecule has 5 saturated heterocycles. The van der Waals surface area contributed by atoms with Crippen LogP contribution in [0, 0.1) is 52.3 Å². The van der Waals surface area contributed by atoms with Crippen LogP contribution in [-0.2, 0) is 37.9 Å². The number of hydrogen-bond acceptors (Lipinski definition) is 17. The van der Waals surface area contributed by atoms with Crippen molar-refractivity contribution in [3.63, 3.8) is 0 Å². The van der Waals surface area contributed by atoms with Crippen molar-refractivity contribution in [2.24, 2.45) is 52.3 Å². The van der Waals surface area contributed by atoms with Gasteiger partial charge in [-0.1, -0.05) is 27.7 Å². The van der Waals surface area contributed by atoms with Crippen LogP contribution in [-0.4, -0.2) is 176 Å².